The molecule has 0 aliphatic carbocycles. The van der Waals surface area contributed by atoms with Crippen LogP contribution in [0.25, 0.3) is 88.5 Å². The fraction of sp³-hybridized carbons (Fsp3) is 0.321. The van der Waals surface area contributed by atoms with Gasteiger partial charge in [-0.3, -0.25) is 0 Å². The average molecular weight is 821 g/mol. The Labute approximate surface area is 366 Å². The highest BCUT2D eigenvalue weighted by Crippen LogP contribution is 2.42. The van der Waals surface area contributed by atoms with E-state index in [1.807, 2.05) is 0 Å². The third kappa shape index (κ3) is 6.04. The Morgan fingerprint density at radius 3 is 0.661 bits per heavy atom. The first-order valence-electron chi connectivity index (χ1n) is 23.2. The van der Waals surface area contributed by atoms with Gasteiger partial charge in [-0.2, -0.15) is 0 Å². The van der Waals surface area contributed by atoms with Crippen molar-refractivity contribution < 1.29 is 0 Å². The molecule has 0 fully saturated rings. The molecule has 0 aliphatic rings. The quantitative estimate of drug-likeness (QED) is 0.0881. The lowest BCUT2D eigenvalue weighted by atomic mass is 9.97. The molecule has 7 heterocycles. The summed E-state index contributed by atoms with van der Waals surface area (Å²) in [6, 6.07) is 22.0. The first-order valence-corrected chi connectivity index (χ1v) is 23.2. The van der Waals surface area contributed by atoms with E-state index in [-0.39, 0.29) is 0 Å². The summed E-state index contributed by atoms with van der Waals surface area (Å²) in [5.74, 6) is 0. The number of nitrogens with one attached hydrogen (secondary N) is 6. The molecule has 0 atom stereocenters. The SMILES string of the molecule is CCc1c(C)c2[nH]c1c(-c1ccccc1)c1[nH]c(c(C)c1CC)c1[nH]c(c(CC)c1C)c1[nH]c(c(C)c1CC)c1[nH]c(c(CC)c1C)c(-c1ccccc1)c1[nH]c2c(C)c1CC. The lowest BCUT2D eigenvalue weighted by molar-refractivity contribution is 1.13. The molecule has 0 aliphatic heterocycles. The van der Waals surface area contributed by atoms with E-state index < -0.39 is 0 Å². The minimum atomic E-state index is 0.900. The van der Waals surface area contributed by atoms with E-state index in [0.29, 0.717) is 0 Å². The molecule has 2 aromatic carbocycles. The van der Waals surface area contributed by atoms with Crippen LogP contribution in [0.2, 0.25) is 0 Å². The maximum absolute atomic E-state index is 4.15. The summed E-state index contributed by atoms with van der Waals surface area (Å²) in [5, 5.41) is 0. The Balaban J connectivity index is 1.65. The van der Waals surface area contributed by atoms with Crippen LogP contribution in [0.1, 0.15) is 108 Å². The highest BCUT2D eigenvalue weighted by molar-refractivity contribution is 6.06. The molecule has 12 bridgehead atoms. The molecule has 62 heavy (non-hydrogen) atoms. The fourth-order valence-corrected chi connectivity index (χ4v) is 11.3. The van der Waals surface area contributed by atoms with Gasteiger partial charge in [0.15, 0.2) is 0 Å². The van der Waals surface area contributed by atoms with Crippen molar-refractivity contribution in [1.29, 1.82) is 0 Å². The molecule has 0 unspecified atom stereocenters. The number of aryl methyl sites for hydroxylation is 12. The summed E-state index contributed by atoms with van der Waals surface area (Å²) < 4.78 is 0. The van der Waals surface area contributed by atoms with E-state index in [1.165, 1.54) is 144 Å². The van der Waals surface area contributed by atoms with Crippen LogP contribution in [-0.4, -0.2) is 29.9 Å². The van der Waals surface area contributed by atoms with Crippen LogP contribution in [0.5, 0.6) is 0 Å². The summed E-state index contributed by atoms with van der Waals surface area (Å²) in [6.45, 7) is 27.7. The zero-order valence-electron chi connectivity index (χ0n) is 39.0. The number of hydrogen-bond acceptors (Lipinski definition) is 0. The molecular formula is C56H64N6. The molecule has 318 valence electrons. The van der Waals surface area contributed by atoms with E-state index in [2.05, 4.69) is 174 Å². The van der Waals surface area contributed by atoms with Gasteiger partial charge in [0.25, 0.3) is 0 Å². The molecule has 9 aromatic rings. The first kappa shape index (κ1) is 41.2. The zero-order chi connectivity index (χ0) is 43.7. The summed E-state index contributed by atoms with van der Waals surface area (Å²) >= 11 is 0. The number of hydrogen-bond donors (Lipinski definition) is 6. The number of aromatic amines is 6. The average Bonchev–Trinajstić information content (AvgIpc) is 4.11. The van der Waals surface area contributed by atoms with Gasteiger partial charge in [0, 0.05) is 11.1 Å². The Morgan fingerprint density at radius 2 is 0.452 bits per heavy atom. The lowest BCUT2D eigenvalue weighted by Crippen LogP contribution is -1.88. The van der Waals surface area contributed by atoms with E-state index in [4.69, 9.17) is 0 Å². The molecule has 0 saturated carbocycles. The molecule has 9 rings (SSSR count). The van der Waals surface area contributed by atoms with Gasteiger partial charge in [0.1, 0.15) is 0 Å². The van der Waals surface area contributed by atoms with Crippen molar-refractivity contribution in [3.05, 3.63) is 127 Å². The summed E-state index contributed by atoms with van der Waals surface area (Å²) in [7, 11) is 0. The highest BCUT2D eigenvalue weighted by atomic mass is 14.8. The number of H-pyrrole nitrogens is 6. The highest BCUT2D eigenvalue weighted by Gasteiger charge is 2.24. The Kier molecular flexibility index (Phi) is 10.6. The van der Waals surface area contributed by atoms with E-state index in [1.54, 1.807) is 0 Å². The summed E-state index contributed by atoms with van der Waals surface area (Å²) in [5.41, 5.74) is 34.8. The second-order valence-electron chi connectivity index (χ2n) is 17.5. The first-order chi connectivity index (χ1) is 30.0. The largest absolute Gasteiger partial charge is 0.353 e. The van der Waals surface area contributed by atoms with Crippen molar-refractivity contribution in [2.45, 2.75) is 122 Å². The van der Waals surface area contributed by atoms with Crippen LogP contribution in [0.3, 0.4) is 0 Å². The summed E-state index contributed by atoms with van der Waals surface area (Å²) in [6.07, 6.45) is 5.45. The second kappa shape index (κ2) is 16.0. The second-order valence-corrected chi connectivity index (χ2v) is 17.5. The number of rotatable bonds is 8. The molecular weight excluding hydrogens is 757 g/mol. The molecule has 7 aromatic heterocycles. The normalized spacial score (nSPS) is 11.9. The molecule has 6 heteroatoms. The van der Waals surface area contributed by atoms with Gasteiger partial charge in [-0.15, -0.1) is 0 Å². The van der Waals surface area contributed by atoms with E-state index in [9.17, 15) is 0 Å². The number of aromatic nitrogens is 6. The van der Waals surface area contributed by atoms with Crippen molar-refractivity contribution in [2.24, 2.45) is 0 Å². The molecule has 0 spiro atoms. The number of benzene rings is 2. The standard InChI is InChI=1S/C56H64N6/c1-13-37-29(7)45-46-30(8)38(14-2)52(58-46)44(36-27-23-20-24-28-36)54-40(16-4)32(10)48(60-54)50-34(12)42(18-6)56(62-50)55-41(17-5)33(11)49(61-55)47-31(9)39(15-3)53(59-47)43(51(37)57-45)35-25-21-19-22-26-35/h19-28,57-62H,13-18H2,1-12H3. The van der Waals surface area contributed by atoms with Gasteiger partial charge in [0.2, 0.25) is 0 Å². The van der Waals surface area contributed by atoms with Crippen molar-refractivity contribution in [2.75, 3.05) is 0 Å². The van der Waals surface area contributed by atoms with Gasteiger partial charge in [-0.1, -0.05) is 102 Å². The number of fused-ring (bicyclic) bond motifs is 16. The fourth-order valence-electron chi connectivity index (χ4n) is 11.3. The van der Waals surface area contributed by atoms with E-state index in [0.717, 1.165) is 49.6 Å². The van der Waals surface area contributed by atoms with Gasteiger partial charge >= 0.3 is 0 Å². The van der Waals surface area contributed by atoms with Crippen LogP contribution < -0.4 is 0 Å². The summed E-state index contributed by atoms with van der Waals surface area (Å²) in [4.78, 5) is 24.7. The molecule has 6 nitrogen and oxygen atoms in total. The molecule has 0 amide bonds. The maximum atomic E-state index is 4.15. The molecule has 6 N–H and O–H groups in total. The molecule has 0 radical (unpaired) electrons. The van der Waals surface area contributed by atoms with Crippen LogP contribution in [-0.2, 0) is 38.5 Å². The molecule has 0 saturated heterocycles. The van der Waals surface area contributed by atoms with Crippen molar-refractivity contribution in [3.8, 4) is 22.3 Å². The third-order valence-corrected chi connectivity index (χ3v) is 14.5. The third-order valence-electron chi connectivity index (χ3n) is 14.5. The van der Waals surface area contributed by atoms with E-state index >= 15 is 0 Å². The lowest BCUT2D eigenvalue weighted by Gasteiger charge is -2.07. The van der Waals surface area contributed by atoms with Crippen molar-refractivity contribution in [1.82, 2.24) is 29.9 Å². The van der Waals surface area contributed by atoms with Crippen molar-refractivity contribution in [3.63, 3.8) is 0 Å². The Hall–Kier alpha value is -6.14. The maximum Gasteiger partial charge on any atom is 0.0663 e. The topological polar surface area (TPSA) is 94.7 Å². The predicted octanol–water partition coefficient (Wildman–Crippen LogP) is 15.4. The van der Waals surface area contributed by atoms with Gasteiger partial charge < -0.3 is 29.9 Å². The monoisotopic (exact) mass is 821 g/mol. The van der Waals surface area contributed by atoms with Gasteiger partial charge in [-0.05, 0) is 158 Å². The minimum absolute atomic E-state index is 0.900. The Morgan fingerprint density at radius 1 is 0.258 bits per heavy atom. The van der Waals surface area contributed by atoms with Crippen LogP contribution in [0.4, 0.5) is 0 Å². The van der Waals surface area contributed by atoms with Crippen LogP contribution in [0, 0.1) is 41.5 Å². The minimum Gasteiger partial charge on any atom is -0.353 e. The van der Waals surface area contributed by atoms with Gasteiger partial charge in [0.05, 0.1) is 66.2 Å². The predicted molar refractivity (Wildman–Crippen MR) is 268 cm³/mol. The van der Waals surface area contributed by atoms with Crippen LogP contribution >= 0.6 is 0 Å². The zero-order valence-corrected chi connectivity index (χ0v) is 39.0. The Bertz CT molecular complexity index is 3120. The van der Waals surface area contributed by atoms with Crippen molar-refractivity contribution >= 4 is 66.2 Å². The van der Waals surface area contributed by atoms with Crippen LogP contribution in [0.15, 0.2) is 60.7 Å². The van der Waals surface area contributed by atoms with Gasteiger partial charge in [-0.25, -0.2) is 0 Å². The smallest absolute Gasteiger partial charge is 0.0663 e.